The second-order valence-corrected chi connectivity index (χ2v) is 5.24. The molecule has 0 aromatic heterocycles. The Morgan fingerprint density at radius 2 is 1.45 bits per heavy atom. The zero-order chi connectivity index (χ0) is 15.8. The van der Waals surface area contributed by atoms with Gasteiger partial charge < -0.3 is 0 Å². The molecule has 0 aliphatic carbocycles. The summed E-state index contributed by atoms with van der Waals surface area (Å²) >= 11 is 0. The molecule has 0 heterocycles. The molecule has 0 aliphatic heterocycles. The number of nitro groups is 1. The van der Waals surface area contributed by atoms with Gasteiger partial charge >= 0.3 is 0 Å². The molecule has 1 atom stereocenters. The van der Waals surface area contributed by atoms with Crippen molar-refractivity contribution < 1.29 is 4.92 Å². The molecule has 2 aromatic rings. The topological polar surface area (TPSA) is 46.4 Å². The van der Waals surface area contributed by atoms with Gasteiger partial charge in [-0.05, 0) is 18.1 Å². The first-order valence-corrected chi connectivity index (χ1v) is 7.29. The molecule has 2 aromatic carbocycles. The summed E-state index contributed by atoms with van der Waals surface area (Å²) in [7, 11) is 0. The van der Waals surface area contributed by atoms with Gasteiger partial charge in [-0.2, -0.15) is 0 Å². The maximum Gasteiger partial charge on any atom is 0.232 e. The van der Waals surface area contributed by atoms with Gasteiger partial charge in [0.05, 0.1) is 4.92 Å². The van der Waals surface area contributed by atoms with Crippen molar-refractivity contribution >= 4 is 0 Å². The van der Waals surface area contributed by atoms with Gasteiger partial charge in [-0.15, -0.1) is 0 Å². The Morgan fingerprint density at radius 1 is 1.00 bits per heavy atom. The summed E-state index contributed by atoms with van der Waals surface area (Å²) in [6, 6.07) is 20.3. The fourth-order valence-electron chi connectivity index (χ4n) is 2.30. The summed E-state index contributed by atoms with van der Waals surface area (Å²) in [6.07, 6.45) is 2.65. The molecule has 2 rings (SSSR count). The summed E-state index contributed by atoms with van der Waals surface area (Å²) in [5.74, 6) is 0. The van der Waals surface area contributed by atoms with E-state index in [1.807, 2.05) is 43.3 Å². The SMILES string of the molecule is CC(C=C[N+](=O)[O-])N(Cc1ccccc1)Cc1ccccc1. The van der Waals surface area contributed by atoms with Crippen molar-refractivity contribution in [2.24, 2.45) is 0 Å². The maximum absolute atomic E-state index is 10.5. The Balaban J connectivity index is 2.14. The van der Waals surface area contributed by atoms with E-state index in [9.17, 15) is 10.1 Å². The van der Waals surface area contributed by atoms with E-state index < -0.39 is 4.92 Å². The average molecular weight is 296 g/mol. The van der Waals surface area contributed by atoms with Crippen molar-refractivity contribution in [3.05, 3.63) is 94.2 Å². The van der Waals surface area contributed by atoms with Crippen LogP contribution in [0.5, 0.6) is 0 Å². The summed E-state index contributed by atoms with van der Waals surface area (Å²) < 4.78 is 0. The summed E-state index contributed by atoms with van der Waals surface area (Å²) in [5.41, 5.74) is 2.39. The second-order valence-electron chi connectivity index (χ2n) is 5.24. The minimum Gasteiger partial charge on any atom is -0.288 e. The molecule has 4 nitrogen and oxygen atoms in total. The monoisotopic (exact) mass is 296 g/mol. The van der Waals surface area contributed by atoms with Crippen molar-refractivity contribution in [2.75, 3.05) is 0 Å². The van der Waals surface area contributed by atoms with E-state index in [0.29, 0.717) is 0 Å². The Labute approximate surface area is 130 Å². The molecule has 0 saturated carbocycles. The molecule has 114 valence electrons. The minimum absolute atomic E-state index is 0.0224. The van der Waals surface area contributed by atoms with Gasteiger partial charge in [0.1, 0.15) is 0 Å². The molecule has 0 spiro atoms. The number of nitrogens with zero attached hydrogens (tertiary/aromatic N) is 2. The fourth-order valence-corrected chi connectivity index (χ4v) is 2.30. The molecule has 0 fully saturated rings. The Kier molecular flexibility index (Phi) is 5.86. The molecule has 0 amide bonds. The van der Waals surface area contributed by atoms with Crippen LogP contribution in [-0.4, -0.2) is 15.9 Å². The van der Waals surface area contributed by atoms with Crippen LogP contribution in [0.4, 0.5) is 0 Å². The normalized spacial score (nSPS) is 12.6. The summed E-state index contributed by atoms with van der Waals surface area (Å²) in [6.45, 7) is 3.48. The molecule has 0 bridgehead atoms. The zero-order valence-corrected chi connectivity index (χ0v) is 12.6. The number of hydrogen-bond donors (Lipinski definition) is 0. The summed E-state index contributed by atoms with van der Waals surface area (Å²) in [5, 5.41) is 10.5. The van der Waals surface area contributed by atoms with Crippen LogP contribution in [0.25, 0.3) is 0 Å². The lowest BCUT2D eigenvalue weighted by atomic mass is 10.1. The Bertz CT molecular complexity index is 570. The van der Waals surface area contributed by atoms with Crippen molar-refractivity contribution in [1.82, 2.24) is 4.90 Å². The molecule has 22 heavy (non-hydrogen) atoms. The Hall–Kier alpha value is -2.46. The zero-order valence-electron chi connectivity index (χ0n) is 12.6. The fraction of sp³-hybridized carbons (Fsp3) is 0.222. The van der Waals surface area contributed by atoms with Crippen LogP contribution in [0.3, 0.4) is 0 Å². The van der Waals surface area contributed by atoms with Gasteiger partial charge in [0, 0.05) is 25.2 Å². The number of benzene rings is 2. The van der Waals surface area contributed by atoms with Crippen LogP contribution < -0.4 is 0 Å². The number of rotatable bonds is 7. The predicted octanol–water partition coefficient (Wildman–Crippen LogP) is 3.87. The van der Waals surface area contributed by atoms with Crippen LogP contribution in [-0.2, 0) is 13.1 Å². The second kappa shape index (κ2) is 8.10. The predicted molar refractivity (Wildman–Crippen MR) is 87.7 cm³/mol. The van der Waals surface area contributed by atoms with Gasteiger partial charge in [-0.25, -0.2) is 0 Å². The quantitative estimate of drug-likeness (QED) is 0.575. The lowest BCUT2D eigenvalue weighted by Gasteiger charge is -2.26. The maximum atomic E-state index is 10.5. The number of hydrogen-bond acceptors (Lipinski definition) is 3. The van der Waals surface area contributed by atoms with E-state index >= 15 is 0 Å². The van der Waals surface area contributed by atoms with Crippen LogP contribution in [0, 0.1) is 10.1 Å². The molecular formula is C18H20N2O2. The van der Waals surface area contributed by atoms with Crippen molar-refractivity contribution in [3.63, 3.8) is 0 Å². The van der Waals surface area contributed by atoms with E-state index in [4.69, 9.17) is 0 Å². The van der Waals surface area contributed by atoms with Crippen LogP contribution in [0.15, 0.2) is 72.9 Å². The lowest BCUT2D eigenvalue weighted by molar-refractivity contribution is -0.402. The first kappa shape index (κ1) is 15.9. The van der Waals surface area contributed by atoms with E-state index in [2.05, 4.69) is 29.2 Å². The third-order valence-corrected chi connectivity index (χ3v) is 3.52. The van der Waals surface area contributed by atoms with Gasteiger partial charge in [-0.3, -0.25) is 15.0 Å². The standard InChI is InChI=1S/C18H20N2O2/c1-16(12-13-20(21)22)19(14-17-8-4-2-5-9-17)15-18-10-6-3-7-11-18/h2-13,16H,14-15H2,1H3. The van der Waals surface area contributed by atoms with E-state index in [0.717, 1.165) is 19.3 Å². The molecule has 0 N–H and O–H groups in total. The van der Waals surface area contributed by atoms with Gasteiger partial charge in [-0.1, -0.05) is 60.7 Å². The van der Waals surface area contributed by atoms with Crippen LogP contribution >= 0.6 is 0 Å². The van der Waals surface area contributed by atoms with Gasteiger partial charge in [0.15, 0.2) is 0 Å². The Morgan fingerprint density at radius 3 is 1.86 bits per heavy atom. The first-order chi connectivity index (χ1) is 10.6. The van der Waals surface area contributed by atoms with Gasteiger partial charge in [0.2, 0.25) is 6.20 Å². The van der Waals surface area contributed by atoms with E-state index in [1.165, 1.54) is 11.1 Å². The first-order valence-electron chi connectivity index (χ1n) is 7.29. The van der Waals surface area contributed by atoms with Crippen molar-refractivity contribution in [3.8, 4) is 0 Å². The highest BCUT2D eigenvalue weighted by Gasteiger charge is 2.13. The smallest absolute Gasteiger partial charge is 0.232 e. The molecule has 1 unspecified atom stereocenters. The van der Waals surface area contributed by atoms with Crippen molar-refractivity contribution in [2.45, 2.75) is 26.1 Å². The van der Waals surface area contributed by atoms with E-state index in [1.54, 1.807) is 6.08 Å². The average Bonchev–Trinajstić information content (AvgIpc) is 2.54. The molecule has 0 aliphatic rings. The van der Waals surface area contributed by atoms with E-state index in [-0.39, 0.29) is 6.04 Å². The highest BCUT2D eigenvalue weighted by atomic mass is 16.6. The molecule has 0 radical (unpaired) electrons. The molecular weight excluding hydrogens is 276 g/mol. The highest BCUT2D eigenvalue weighted by molar-refractivity contribution is 5.17. The third-order valence-electron chi connectivity index (χ3n) is 3.52. The third kappa shape index (κ3) is 5.14. The summed E-state index contributed by atoms with van der Waals surface area (Å²) in [4.78, 5) is 12.3. The molecule has 0 saturated heterocycles. The largest absolute Gasteiger partial charge is 0.288 e. The minimum atomic E-state index is -0.417. The van der Waals surface area contributed by atoms with Crippen molar-refractivity contribution in [1.29, 1.82) is 0 Å². The molecule has 4 heteroatoms. The van der Waals surface area contributed by atoms with Gasteiger partial charge in [0.25, 0.3) is 0 Å². The van der Waals surface area contributed by atoms with Crippen LogP contribution in [0.1, 0.15) is 18.1 Å². The highest BCUT2D eigenvalue weighted by Crippen LogP contribution is 2.14. The van der Waals surface area contributed by atoms with Crippen LogP contribution in [0.2, 0.25) is 0 Å². The lowest BCUT2D eigenvalue weighted by Crippen LogP contribution is -2.30.